The molecule has 0 saturated heterocycles. The number of rotatable bonds is 2. The van der Waals surface area contributed by atoms with Crippen molar-refractivity contribution in [2.45, 2.75) is 0 Å². The van der Waals surface area contributed by atoms with Crippen molar-refractivity contribution in [3.8, 4) is 34.4 Å². The van der Waals surface area contributed by atoms with Crippen LogP contribution in [0.5, 0.6) is 0 Å². The average molecular weight is 539 g/mol. The van der Waals surface area contributed by atoms with Crippen molar-refractivity contribution < 1.29 is 8.83 Å². The first-order valence-corrected chi connectivity index (χ1v) is 12.7. The summed E-state index contributed by atoms with van der Waals surface area (Å²) in [6, 6.07) is 30.9. The largest absolute Gasteiger partial charge is 0.445 e. The molecule has 0 amide bonds. The zero-order valence-corrected chi connectivity index (χ0v) is 21.6. The number of oxazole rings is 2. The lowest BCUT2D eigenvalue weighted by Gasteiger charge is -2.17. The lowest BCUT2D eigenvalue weighted by atomic mass is 9.85. The SMILES string of the molecule is [C-]#[N+]/C(C#N)=c1/nc2ccc3c(-c4ccccc4)c4c(ccc5n/c(=C(/C#N)[N+]#[C-])oc54)c(-c4ccccc4)c3c2o1. The fourth-order valence-electron chi connectivity index (χ4n) is 5.42. The van der Waals surface area contributed by atoms with Crippen LogP contribution in [-0.2, 0) is 0 Å². The van der Waals surface area contributed by atoms with Crippen molar-refractivity contribution in [3.63, 3.8) is 0 Å². The third-order valence-electron chi connectivity index (χ3n) is 7.12. The summed E-state index contributed by atoms with van der Waals surface area (Å²) >= 11 is 0. The maximum Gasteiger partial charge on any atom is 0.322 e. The summed E-state index contributed by atoms with van der Waals surface area (Å²) in [5.74, 6) is 0. The Morgan fingerprint density at radius 2 is 1.00 bits per heavy atom. The van der Waals surface area contributed by atoms with E-state index in [0.29, 0.717) is 22.2 Å². The van der Waals surface area contributed by atoms with E-state index in [1.54, 1.807) is 0 Å². The van der Waals surface area contributed by atoms with E-state index in [4.69, 9.17) is 22.0 Å². The van der Waals surface area contributed by atoms with E-state index >= 15 is 0 Å². The Bertz CT molecular complexity index is 2340. The van der Waals surface area contributed by atoms with Gasteiger partial charge in [-0.05, 0) is 34.0 Å². The molecule has 0 aliphatic heterocycles. The van der Waals surface area contributed by atoms with E-state index in [1.807, 2.05) is 97.1 Å². The maximum atomic E-state index is 9.50. The molecule has 8 nitrogen and oxygen atoms in total. The molecule has 0 bridgehead atoms. The third-order valence-corrected chi connectivity index (χ3v) is 7.12. The van der Waals surface area contributed by atoms with Crippen LogP contribution in [0.1, 0.15) is 0 Å². The molecule has 0 saturated carbocycles. The smallest absolute Gasteiger partial charge is 0.322 e. The second-order valence-corrected chi connectivity index (χ2v) is 9.34. The number of nitriles is 2. The van der Waals surface area contributed by atoms with Gasteiger partial charge in [0.15, 0.2) is 11.2 Å². The monoisotopic (exact) mass is 538 g/mol. The molecule has 0 fully saturated rings. The second-order valence-electron chi connectivity index (χ2n) is 9.34. The van der Waals surface area contributed by atoms with Gasteiger partial charge in [0.05, 0.1) is 25.3 Å². The molecule has 192 valence electrons. The van der Waals surface area contributed by atoms with Crippen molar-refractivity contribution in [1.82, 2.24) is 9.97 Å². The van der Waals surface area contributed by atoms with Crippen LogP contribution < -0.4 is 11.1 Å². The van der Waals surface area contributed by atoms with E-state index in [0.717, 1.165) is 43.8 Å². The number of nitrogens with zero attached hydrogens (tertiary/aromatic N) is 6. The van der Waals surface area contributed by atoms with E-state index in [1.165, 1.54) is 0 Å². The molecular formula is C34H14N6O2. The predicted molar refractivity (Wildman–Crippen MR) is 158 cm³/mol. The van der Waals surface area contributed by atoms with Crippen molar-refractivity contribution >= 4 is 55.1 Å². The zero-order chi connectivity index (χ0) is 28.8. The summed E-state index contributed by atoms with van der Waals surface area (Å²) in [6.45, 7) is 14.8. The molecule has 7 aromatic rings. The van der Waals surface area contributed by atoms with Crippen molar-refractivity contribution in [2.24, 2.45) is 0 Å². The molecule has 0 aliphatic carbocycles. The van der Waals surface area contributed by atoms with Crippen LogP contribution in [0.2, 0.25) is 0 Å². The van der Waals surface area contributed by atoms with Gasteiger partial charge in [0, 0.05) is 21.9 Å². The molecule has 42 heavy (non-hydrogen) atoms. The lowest BCUT2D eigenvalue weighted by Crippen LogP contribution is -2.02. The summed E-state index contributed by atoms with van der Waals surface area (Å²) in [4.78, 5) is 15.6. The van der Waals surface area contributed by atoms with Gasteiger partial charge in [-0.15, -0.1) is 0 Å². The van der Waals surface area contributed by atoms with E-state index in [9.17, 15) is 10.5 Å². The predicted octanol–water partition coefficient (Wildman–Crippen LogP) is 6.71. The molecule has 7 rings (SSSR count). The van der Waals surface area contributed by atoms with Crippen molar-refractivity contribution in [3.05, 3.63) is 119 Å². The summed E-state index contributed by atoms with van der Waals surface area (Å²) < 4.78 is 12.4. The normalized spacial score (nSPS) is 12.5. The fourth-order valence-corrected chi connectivity index (χ4v) is 5.42. The van der Waals surface area contributed by atoms with E-state index in [-0.39, 0.29) is 22.5 Å². The molecule has 2 aromatic heterocycles. The molecule has 0 unspecified atom stereocenters. The van der Waals surface area contributed by atoms with Gasteiger partial charge < -0.3 is 8.83 Å². The number of hydrogen-bond donors (Lipinski definition) is 0. The van der Waals surface area contributed by atoms with Gasteiger partial charge in [0.1, 0.15) is 11.0 Å². The molecular weight excluding hydrogens is 524 g/mol. The van der Waals surface area contributed by atoms with Crippen LogP contribution in [0.4, 0.5) is 0 Å². The van der Waals surface area contributed by atoms with Crippen molar-refractivity contribution in [2.75, 3.05) is 0 Å². The molecule has 0 radical (unpaired) electrons. The van der Waals surface area contributed by atoms with Gasteiger partial charge in [0.25, 0.3) is 0 Å². The number of benzene rings is 5. The fraction of sp³-hybridized carbons (Fsp3) is 0. The van der Waals surface area contributed by atoms with Crippen LogP contribution in [0.15, 0.2) is 93.8 Å². The maximum absolute atomic E-state index is 9.50. The Balaban J connectivity index is 1.82. The Morgan fingerprint density at radius 3 is 1.36 bits per heavy atom. The topological polar surface area (TPSA) is 108 Å². The summed E-state index contributed by atoms with van der Waals surface area (Å²) in [6.07, 6.45) is 0. The first-order chi connectivity index (χ1) is 20.7. The standard InChI is InChI=1S/C34H14N6O2/c1-37-25(17-35)33-39-23-15-13-21-28(20-11-7-4-8-12-20)30-22(14-16-24-32(30)42-34(40-24)26(18-36)38-2)27(29(21)31(23)41-33)19-9-5-3-6-10-19/h3-16H/b33-25-,34-26+. The zero-order valence-electron chi connectivity index (χ0n) is 21.6. The molecule has 0 atom stereocenters. The van der Waals surface area contributed by atoms with Gasteiger partial charge in [-0.1, -0.05) is 72.8 Å². The van der Waals surface area contributed by atoms with Crippen LogP contribution in [0.3, 0.4) is 0 Å². The number of aromatic nitrogens is 2. The quantitative estimate of drug-likeness (QED) is 0.179. The summed E-state index contributed by atoms with van der Waals surface area (Å²) in [7, 11) is 0. The average Bonchev–Trinajstić information content (AvgIpc) is 3.67. The Hall–Kier alpha value is -6.74. The minimum absolute atomic E-state index is 0.0376. The van der Waals surface area contributed by atoms with Gasteiger partial charge in [0.2, 0.25) is 11.1 Å². The second kappa shape index (κ2) is 9.47. The Morgan fingerprint density at radius 1 is 0.595 bits per heavy atom. The molecule has 0 N–H and O–H groups in total. The van der Waals surface area contributed by atoms with Crippen LogP contribution in [0.25, 0.3) is 87.1 Å². The Labute approximate surface area is 237 Å². The molecule has 8 heteroatoms. The van der Waals surface area contributed by atoms with Crippen LogP contribution >= 0.6 is 0 Å². The highest BCUT2D eigenvalue weighted by Gasteiger charge is 2.24. The summed E-state index contributed by atoms with van der Waals surface area (Å²) in [5, 5.41) is 22.2. The van der Waals surface area contributed by atoms with Crippen molar-refractivity contribution in [1.29, 1.82) is 10.5 Å². The van der Waals surface area contributed by atoms with Gasteiger partial charge >= 0.3 is 11.4 Å². The van der Waals surface area contributed by atoms with Gasteiger partial charge in [-0.2, -0.15) is 0 Å². The number of hydrogen-bond acceptors (Lipinski definition) is 6. The highest BCUT2D eigenvalue weighted by Crippen LogP contribution is 2.47. The van der Waals surface area contributed by atoms with Crippen LogP contribution in [0, 0.1) is 35.8 Å². The highest BCUT2D eigenvalue weighted by atomic mass is 16.3. The lowest BCUT2D eigenvalue weighted by molar-refractivity contribution is 0.561. The molecule has 2 heterocycles. The first-order valence-electron chi connectivity index (χ1n) is 12.7. The van der Waals surface area contributed by atoms with Crippen LogP contribution in [-0.4, -0.2) is 9.97 Å². The molecule has 0 spiro atoms. The minimum Gasteiger partial charge on any atom is -0.445 e. The highest BCUT2D eigenvalue weighted by molar-refractivity contribution is 6.30. The van der Waals surface area contributed by atoms with E-state index in [2.05, 4.69) is 19.7 Å². The Kier molecular flexibility index (Phi) is 5.48. The third kappa shape index (κ3) is 3.51. The summed E-state index contributed by atoms with van der Waals surface area (Å²) in [5.41, 5.74) is 4.85. The minimum atomic E-state index is -0.232. The number of fused-ring (bicyclic) bond motifs is 6. The first kappa shape index (κ1) is 24.3. The molecule has 5 aromatic carbocycles. The van der Waals surface area contributed by atoms with Gasteiger partial charge in [-0.3, -0.25) is 0 Å². The van der Waals surface area contributed by atoms with Gasteiger partial charge in [-0.25, -0.2) is 30.2 Å². The molecule has 0 aliphatic rings. The van der Waals surface area contributed by atoms with E-state index < -0.39 is 0 Å².